The number of hydrogen-bond donors (Lipinski definition) is 1. The van der Waals surface area contributed by atoms with Crippen molar-refractivity contribution >= 4 is 5.78 Å². The first kappa shape index (κ1) is 13.8. The molecule has 0 amide bonds. The lowest BCUT2D eigenvalue weighted by atomic mass is 9.76. The minimum absolute atomic E-state index is 0.244. The van der Waals surface area contributed by atoms with Crippen LogP contribution in [0, 0.1) is 11.8 Å². The van der Waals surface area contributed by atoms with Gasteiger partial charge in [-0.25, -0.2) is 0 Å². The molecule has 2 aliphatic rings. The lowest BCUT2D eigenvalue weighted by molar-refractivity contribution is -0.121. The van der Waals surface area contributed by atoms with E-state index in [0.717, 1.165) is 37.2 Å². The smallest absolute Gasteiger partial charge is 0.163 e. The molecule has 1 saturated carbocycles. The number of rotatable bonds is 4. The van der Waals surface area contributed by atoms with Crippen molar-refractivity contribution in [2.24, 2.45) is 11.8 Å². The van der Waals surface area contributed by atoms with Crippen LogP contribution in [0.15, 0.2) is 11.6 Å². The van der Waals surface area contributed by atoms with E-state index in [4.69, 9.17) is 0 Å². The average molecular weight is 249 g/mol. The van der Waals surface area contributed by atoms with Gasteiger partial charge in [-0.3, -0.25) is 4.79 Å². The van der Waals surface area contributed by atoms with Crippen molar-refractivity contribution in [3.8, 4) is 0 Å². The maximum atomic E-state index is 12.6. The molecule has 0 radical (unpaired) electrons. The molecule has 1 N–H and O–H groups in total. The van der Waals surface area contributed by atoms with Gasteiger partial charge in [-0.15, -0.1) is 0 Å². The van der Waals surface area contributed by atoms with Crippen LogP contribution in [0.2, 0.25) is 0 Å². The summed E-state index contributed by atoms with van der Waals surface area (Å²) >= 11 is 0. The summed E-state index contributed by atoms with van der Waals surface area (Å²) in [6.45, 7) is 2.25. The van der Waals surface area contributed by atoms with E-state index in [1.54, 1.807) is 0 Å². The van der Waals surface area contributed by atoms with E-state index in [9.17, 15) is 4.79 Å². The van der Waals surface area contributed by atoms with Crippen molar-refractivity contribution in [2.75, 3.05) is 7.05 Å². The zero-order valence-electron chi connectivity index (χ0n) is 11.9. The molecule has 0 aromatic carbocycles. The molecule has 102 valence electrons. The monoisotopic (exact) mass is 249 g/mol. The Balaban J connectivity index is 2.00. The van der Waals surface area contributed by atoms with Crippen LogP contribution >= 0.6 is 0 Å². The summed E-state index contributed by atoms with van der Waals surface area (Å²) in [7, 11) is 2.00. The summed E-state index contributed by atoms with van der Waals surface area (Å²) in [5.74, 6) is 1.50. The topological polar surface area (TPSA) is 29.1 Å². The van der Waals surface area contributed by atoms with Gasteiger partial charge in [0.25, 0.3) is 0 Å². The molecule has 2 aliphatic carbocycles. The molecule has 2 nitrogen and oxygen atoms in total. The van der Waals surface area contributed by atoms with Crippen LogP contribution in [0.25, 0.3) is 0 Å². The van der Waals surface area contributed by atoms with Gasteiger partial charge in [0.2, 0.25) is 0 Å². The first-order valence-electron chi connectivity index (χ1n) is 7.66. The Hall–Kier alpha value is -0.630. The molecule has 2 heteroatoms. The highest BCUT2D eigenvalue weighted by Gasteiger charge is 2.32. The van der Waals surface area contributed by atoms with Crippen LogP contribution < -0.4 is 5.32 Å². The minimum atomic E-state index is 0.244. The van der Waals surface area contributed by atoms with E-state index < -0.39 is 0 Å². The first-order chi connectivity index (χ1) is 8.76. The van der Waals surface area contributed by atoms with E-state index in [1.165, 1.54) is 25.7 Å². The zero-order chi connectivity index (χ0) is 13.0. The van der Waals surface area contributed by atoms with Crippen LogP contribution in [0.4, 0.5) is 0 Å². The van der Waals surface area contributed by atoms with Gasteiger partial charge in [0.15, 0.2) is 5.78 Å². The van der Waals surface area contributed by atoms with Gasteiger partial charge in [-0.2, -0.15) is 0 Å². The molecule has 1 fully saturated rings. The Morgan fingerprint density at radius 3 is 2.72 bits per heavy atom. The summed E-state index contributed by atoms with van der Waals surface area (Å²) < 4.78 is 0. The number of nitrogens with one attached hydrogen (secondary N) is 1. The Morgan fingerprint density at radius 2 is 2.11 bits per heavy atom. The summed E-state index contributed by atoms with van der Waals surface area (Å²) in [6.07, 6.45) is 11.6. The molecule has 0 aromatic rings. The molecule has 0 heterocycles. The lowest BCUT2D eigenvalue weighted by Gasteiger charge is -2.32. The van der Waals surface area contributed by atoms with Gasteiger partial charge in [0.1, 0.15) is 0 Å². The third-order valence-electron chi connectivity index (χ3n) is 4.89. The second-order valence-electron chi connectivity index (χ2n) is 5.93. The first-order valence-corrected chi connectivity index (χ1v) is 7.66. The fourth-order valence-corrected chi connectivity index (χ4v) is 3.51. The van der Waals surface area contributed by atoms with Crippen LogP contribution in [-0.2, 0) is 4.79 Å². The van der Waals surface area contributed by atoms with E-state index in [0.29, 0.717) is 11.8 Å². The normalized spacial score (nSPS) is 33.0. The molecule has 3 atom stereocenters. The molecule has 2 rings (SSSR count). The molecule has 0 aromatic heterocycles. The maximum Gasteiger partial charge on any atom is 0.163 e. The molecule has 0 aliphatic heterocycles. The molecule has 18 heavy (non-hydrogen) atoms. The van der Waals surface area contributed by atoms with E-state index in [-0.39, 0.29) is 5.92 Å². The van der Waals surface area contributed by atoms with Crippen LogP contribution in [-0.4, -0.2) is 18.9 Å². The standard InChI is InChI=1S/C16H27NO/c1-3-12-8-10-13(11-9-12)16(18)14-6-4-5-7-15(14)17-2/h10,12,14-15,17H,3-9,11H2,1-2H3/t12?,14-,15+/m1/s1. The van der Waals surface area contributed by atoms with Crippen molar-refractivity contribution in [3.63, 3.8) is 0 Å². The van der Waals surface area contributed by atoms with Crippen molar-refractivity contribution < 1.29 is 4.79 Å². The number of allylic oxidation sites excluding steroid dienone is 2. The highest BCUT2D eigenvalue weighted by atomic mass is 16.1. The van der Waals surface area contributed by atoms with Crippen molar-refractivity contribution in [3.05, 3.63) is 11.6 Å². The highest BCUT2D eigenvalue weighted by molar-refractivity contribution is 5.97. The van der Waals surface area contributed by atoms with Gasteiger partial charge in [0, 0.05) is 12.0 Å². The molecular formula is C16H27NO. The number of carbonyl (C=O) groups is 1. The van der Waals surface area contributed by atoms with Crippen molar-refractivity contribution in [1.29, 1.82) is 0 Å². The SMILES string of the molecule is CCC1CC=C(C(=O)[C@@H]2CCCC[C@@H]2NC)CC1. The minimum Gasteiger partial charge on any atom is -0.316 e. The second-order valence-corrected chi connectivity index (χ2v) is 5.93. The maximum absolute atomic E-state index is 12.6. The van der Waals surface area contributed by atoms with E-state index in [2.05, 4.69) is 18.3 Å². The van der Waals surface area contributed by atoms with Gasteiger partial charge in [0.05, 0.1) is 0 Å². The number of ketones is 1. The third kappa shape index (κ3) is 3.03. The van der Waals surface area contributed by atoms with Gasteiger partial charge in [-0.1, -0.05) is 32.3 Å². The molecular weight excluding hydrogens is 222 g/mol. The van der Waals surface area contributed by atoms with E-state index in [1.807, 2.05) is 7.05 Å². The Labute approximate surface area is 111 Å². The Bertz CT molecular complexity index is 321. The Kier molecular flexibility index (Phi) is 4.99. The highest BCUT2D eigenvalue weighted by Crippen LogP contribution is 2.32. The van der Waals surface area contributed by atoms with Gasteiger partial charge < -0.3 is 5.32 Å². The van der Waals surface area contributed by atoms with Crippen LogP contribution in [0.1, 0.15) is 58.3 Å². The largest absolute Gasteiger partial charge is 0.316 e. The average Bonchev–Trinajstić information content (AvgIpc) is 2.46. The predicted molar refractivity (Wildman–Crippen MR) is 75.5 cm³/mol. The van der Waals surface area contributed by atoms with Gasteiger partial charge >= 0.3 is 0 Å². The summed E-state index contributed by atoms with van der Waals surface area (Å²) in [4.78, 5) is 12.6. The lowest BCUT2D eigenvalue weighted by Crippen LogP contribution is -2.41. The molecule has 0 bridgehead atoms. The van der Waals surface area contributed by atoms with Crippen molar-refractivity contribution in [1.82, 2.24) is 5.32 Å². The molecule has 0 saturated heterocycles. The molecule has 0 spiro atoms. The Morgan fingerprint density at radius 1 is 1.33 bits per heavy atom. The summed E-state index contributed by atoms with van der Waals surface area (Å²) in [6, 6.07) is 0.413. The summed E-state index contributed by atoms with van der Waals surface area (Å²) in [5.41, 5.74) is 1.13. The summed E-state index contributed by atoms with van der Waals surface area (Å²) in [5, 5.41) is 3.35. The number of hydrogen-bond acceptors (Lipinski definition) is 2. The van der Waals surface area contributed by atoms with Gasteiger partial charge in [-0.05, 0) is 50.6 Å². The number of carbonyl (C=O) groups excluding carboxylic acids is 1. The predicted octanol–water partition coefficient (Wildman–Crippen LogP) is 3.47. The number of Topliss-reactive ketones (excluding diaryl/α,β-unsaturated/α-hetero) is 1. The fourth-order valence-electron chi connectivity index (χ4n) is 3.51. The van der Waals surface area contributed by atoms with E-state index >= 15 is 0 Å². The molecule has 1 unspecified atom stereocenters. The van der Waals surface area contributed by atoms with Crippen molar-refractivity contribution in [2.45, 2.75) is 64.3 Å². The quantitative estimate of drug-likeness (QED) is 0.826. The fraction of sp³-hybridized carbons (Fsp3) is 0.812. The third-order valence-corrected chi connectivity index (χ3v) is 4.89. The zero-order valence-corrected chi connectivity index (χ0v) is 11.9. The van der Waals surface area contributed by atoms with Crippen LogP contribution in [0.5, 0.6) is 0 Å². The van der Waals surface area contributed by atoms with Crippen LogP contribution in [0.3, 0.4) is 0 Å². The second kappa shape index (κ2) is 6.51.